The standard InChI is InChI=1S/C21H19F3N2O2S/c1-12(8-9-13(2)21(22,23)24)19-25-14(3)18(29-19)11-26-10-16(20(27)28)15-6-4-5-7-17(15)26/h4-10H,11H2,1-3H3,(H,27,28)/b12-8+,13-9+. The van der Waals surface area contributed by atoms with Crippen LogP contribution in [0.15, 0.2) is 48.2 Å². The number of hydrogen-bond acceptors (Lipinski definition) is 3. The summed E-state index contributed by atoms with van der Waals surface area (Å²) in [6.07, 6.45) is -0.287. The summed E-state index contributed by atoms with van der Waals surface area (Å²) in [5, 5.41) is 10.7. The maximum Gasteiger partial charge on any atom is 0.412 e. The Hall–Kier alpha value is -2.87. The van der Waals surface area contributed by atoms with Gasteiger partial charge < -0.3 is 9.67 Å². The Morgan fingerprint density at radius 3 is 2.59 bits per heavy atom. The lowest BCUT2D eigenvalue weighted by atomic mass is 10.2. The number of benzene rings is 1. The molecule has 0 unspecified atom stereocenters. The average Bonchev–Trinajstić information content (AvgIpc) is 3.20. The number of thiazole rings is 1. The quantitative estimate of drug-likeness (QED) is 0.510. The fourth-order valence-electron chi connectivity index (χ4n) is 2.86. The van der Waals surface area contributed by atoms with E-state index in [4.69, 9.17) is 0 Å². The summed E-state index contributed by atoms with van der Waals surface area (Å²) >= 11 is 1.39. The SMILES string of the molecule is C/C(=C\C=C(/C)C(F)(F)F)c1nc(C)c(Cn2cc(C(=O)O)c3ccccc32)s1. The first-order valence-electron chi connectivity index (χ1n) is 8.78. The van der Waals surface area contributed by atoms with Gasteiger partial charge in [-0.25, -0.2) is 9.78 Å². The summed E-state index contributed by atoms with van der Waals surface area (Å²) in [5.41, 5.74) is 1.76. The van der Waals surface area contributed by atoms with E-state index in [1.54, 1.807) is 25.3 Å². The molecule has 3 aromatic rings. The lowest BCUT2D eigenvalue weighted by Crippen LogP contribution is -2.08. The zero-order valence-corrected chi connectivity index (χ0v) is 16.9. The third-order valence-electron chi connectivity index (χ3n) is 4.59. The van der Waals surface area contributed by atoms with E-state index in [1.165, 1.54) is 17.4 Å². The molecule has 8 heteroatoms. The number of para-hydroxylation sites is 1. The van der Waals surface area contributed by atoms with Gasteiger partial charge in [-0.2, -0.15) is 13.2 Å². The van der Waals surface area contributed by atoms with Crippen molar-refractivity contribution in [3.05, 3.63) is 69.3 Å². The topological polar surface area (TPSA) is 55.1 Å². The number of aryl methyl sites for hydroxylation is 1. The molecule has 1 aromatic carbocycles. The molecule has 0 bridgehead atoms. The number of fused-ring (bicyclic) bond motifs is 1. The monoisotopic (exact) mass is 420 g/mol. The molecule has 0 spiro atoms. The first-order chi connectivity index (χ1) is 13.6. The molecule has 3 rings (SSSR count). The molecule has 2 aromatic heterocycles. The maximum atomic E-state index is 12.6. The third-order valence-corrected chi connectivity index (χ3v) is 5.87. The van der Waals surface area contributed by atoms with Crippen LogP contribution in [0.25, 0.3) is 16.5 Å². The van der Waals surface area contributed by atoms with E-state index in [1.807, 2.05) is 23.6 Å². The summed E-state index contributed by atoms with van der Waals surface area (Å²) < 4.78 is 39.8. The van der Waals surface area contributed by atoms with Gasteiger partial charge in [-0.1, -0.05) is 30.4 Å². The first kappa shape index (κ1) is 20.9. The second-order valence-corrected chi connectivity index (χ2v) is 7.80. The fraction of sp³-hybridized carbons (Fsp3) is 0.238. The molecule has 29 heavy (non-hydrogen) atoms. The number of rotatable bonds is 5. The molecule has 0 radical (unpaired) electrons. The number of aromatic carboxylic acids is 1. The van der Waals surface area contributed by atoms with Crippen LogP contribution in [-0.4, -0.2) is 26.8 Å². The summed E-state index contributed by atoms with van der Waals surface area (Å²) in [6.45, 7) is 5.01. The fourth-order valence-corrected chi connectivity index (χ4v) is 3.90. The number of aromatic nitrogens is 2. The lowest BCUT2D eigenvalue weighted by Gasteiger charge is -2.04. The summed E-state index contributed by atoms with van der Waals surface area (Å²) in [5.74, 6) is -0.993. The van der Waals surface area contributed by atoms with Crippen LogP contribution in [0.3, 0.4) is 0 Å². The minimum absolute atomic E-state index is 0.229. The van der Waals surface area contributed by atoms with Gasteiger partial charge in [0.1, 0.15) is 5.01 Å². The molecule has 0 atom stereocenters. The minimum atomic E-state index is -4.35. The van der Waals surface area contributed by atoms with Crippen molar-refractivity contribution in [2.45, 2.75) is 33.5 Å². The van der Waals surface area contributed by atoms with Crippen molar-refractivity contribution < 1.29 is 23.1 Å². The van der Waals surface area contributed by atoms with Crippen molar-refractivity contribution in [2.75, 3.05) is 0 Å². The van der Waals surface area contributed by atoms with Gasteiger partial charge in [-0.05, 0) is 32.4 Å². The molecule has 1 N–H and O–H groups in total. The van der Waals surface area contributed by atoms with Gasteiger partial charge in [0.05, 0.1) is 17.8 Å². The highest BCUT2D eigenvalue weighted by molar-refractivity contribution is 7.12. The van der Waals surface area contributed by atoms with Crippen molar-refractivity contribution in [1.29, 1.82) is 0 Å². The number of carbonyl (C=O) groups is 1. The second kappa shape index (κ2) is 7.87. The van der Waals surface area contributed by atoms with Crippen LogP contribution < -0.4 is 0 Å². The largest absolute Gasteiger partial charge is 0.478 e. The number of carboxylic acids is 1. The Labute approximate surface area is 169 Å². The molecule has 0 aliphatic heterocycles. The number of halogens is 3. The van der Waals surface area contributed by atoms with Crippen molar-refractivity contribution in [3.63, 3.8) is 0 Å². The molecule has 152 valence electrons. The average molecular weight is 420 g/mol. The molecule has 2 heterocycles. The molecule has 0 aliphatic rings. The zero-order chi connectivity index (χ0) is 21.3. The Bertz CT molecular complexity index is 1140. The Morgan fingerprint density at radius 2 is 1.93 bits per heavy atom. The molecule has 0 saturated carbocycles. The van der Waals surface area contributed by atoms with Crippen molar-refractivity contribution >= 4 is 33.8 Å². The molecular weight excluding hydrogens is 401 g/mol. The van der Waals surface area contributed by atoms with E-state index in [2.05, 4.69) is 4.98 Å². The van der Waals surface area contributed by atoms with E-state index < -0.39 is 17.7 Å². The minimum Gasteiger partial charge on any atom is -0.478 e. The van der Waals surface area contributed by atoms with E-state index in [-0.39, 0.29) is 5.56 Å². The molecule has 4 nitrogen and oxygen atoms in total. The van der Waals surface area contributed by atoms with Crippen LogP contribution in [0.2, 0.25) is 0 Å². The van der Waals surface area contributed by atoms with Gasteiger partial charge in [0.25, 0.3) is 0 Å². The van der Waals surface area contributed by atoms with E-state index in [0.29, 0.717) is 22.5 Å². The van der Waals surface area contributed by atoms with Gasteiger partial charge >= 0.3 is 12.1 Å². The summed E-state index contributed by atoms with van der Waals surface area (Å²) in [4.78, 5) is 16.9. The highest BCUT2D eigenvalue weighted by atomic mass is 32.1. The second-order valence-electron chi connectivity index (χ2n) is 6.72. The van der Waals surface area contributed by atoms with Crippen LogP contribution in [0.4, 0.5) is 13.2 Å². The number of carboxylic acid groups (broad SMARTS) is 1. The Balaban J connectivity index is 1.93. The predicted octanol–water partition coefficient (Wildman–Crippen LogP) is 6.06. The van der Waals surface area contributed by atoms with Crippen LogP contribution in [0.5, 0.6) is 0 Å². The Morgan fingerprint density at radius 1 is 1.24 bits per heavy atom. The smallest absolute Gasteiger partial charge is 0.412 e. The van der Waals surface area contributed by atoms with Crippen molar-refractivity contribution in [1.82, 2.24) is 9.55 Å². The lowest BCUT2D eigenvalue weighted by molar-refractivity contribution is -0.0913. The van der Waals surface area contributed by atoms with E-state index in [0.717, 1.165) is 29.1 Å². The molecule has 0 fully saturated rings. The number of nitrogens with zero attached hydrogens (tertiary/aromatic N) is 2. The van der Waals surface area contributed by atoms with Gasteiger partial charge in [-0.15, -0.1) is 11.3 Å². The molecule has 0 amide bonds. The molecule has 0 aliphatic carbocycles. The van der Waals surface area contributed by atoms with Crippen LogP contribution in [0, 0.1) is 6.92 Å². The van der Waals surface area contributed by atoms with Gasteiger partial charge in [0.2, 0.25) is 0 Å². The number of allylic oxidation sites excluding steroid dienone is 4. The normalized spacial score (nSPS) is 13.3. The molecule has 0 saturated heterocycles. The van der Waals surface area contributed by atoms with Gasteiger partial charge in [0, 0.05) is 27.6 Å². The summed E-state index contributed by atoms with van der Waals surface area (Å²) in [7, 11) is 0. The van der Waals surface area contributed by atoms with Crippen molar-refractivity contribution in [2.24, 2.45) is 0 Å². The van der Waals surface area contributed by atoms with Gasteiger partial charge in [0.15, 0.2) is 0 Å². The number of hydrogen-bond donors (Lipinski definition) is 1. The van der Waals surface area contributed by atoms with Crippen molar-refractivity contribution in [3.8, 4) is 0 Å². The highest BCUT2D eigenvalue weighted by Crippen LogP contribution is 2.29. The third kappa shape index (κ3) is 4.42. The number of alkyl halides is 3. The predicted molar refractivity (Wildman–Crippen MR) is 108 cm³/mol. The zero-order valence-electron chi connectivity index (χ0n) is 16.0. The van der Waals surface area contributed by atoms with Crippen LogP contribution in [-0.2, 0) is 6.54 Å². The summed E-state index contributed by atoms with van der Waals surface area (Å²) in [6, 6.07) is 7.26. The molecular formula is C21H19F3N2O2S. The highest BCUT2D eigenvalue weighted by Gasteiger charge is 2.29. The van der Waals surface area contributed by atoms with E-state index in [9.17, 15) is 23.1 Å². The first-order valence-corrected chi connectivity index (χ1v) is 9.59. The van der Waals surface area contributed by atoms with Gasteiger partial charge in [-0.3, -0.25) is 0 Å². The maximum absolute atomic E-state index is 12.6. The van der Waals surface area contributed by atoms with Crippen LogP contribution >= 0.6 is 11.3 Å². The van der Waals surface area contributed by atoms with E-state index >= 15 is 0 Å². The van der Waals surface area contributed by atoms with Crippen LogP contribution in [0.1, 0.15) is 39.8 Å². The Kier molecular flexibility index (Phi) is 5.66.